The van der Waals surface area contributed by atoms with Crippen LogP contribution in [0.15, 0.2) is 18.2 Å². The lowest BCUT2D eigenvalue weighted by molar-refractivity contribution is -0.146. The predicted molar refractivity (Wildman–Crippen MR) is 87.3 cm³/mol. The number of halogens is 2. The maximum absolute atomic E-state index is 13.4. The summed E-state index contributed by atoms with van der Waals surface area (Å²) in [6.45, 7) is 2.99. The van der Waals surface area contributed by atoms with Crippen LogP contribution >= 0.6 is 0 Å². The topological polar surface area (TPSA) is 23.6 Å². The molecule has 2 aliphatic heterocycles. The lowest BCUT2D eigenvalue weighted by atomic mass is 9.78. The smallest absolute Gasteiger partial charge is 0.230 e. The fourth-order valence-corrected chi connectivity index (χ4v) is 4.51. The number of benzene rings is 1. The minimum atomic E-state index is -0.844. The number of carbonyl (C=O) groups excluding carboxylic acids is 1. The number of likely N-dealkylation sites (tertiary alicyclic amines) is 2. The van der Waals surface area contributed by atoms with Gasteiger partial charge >= 0.3 is 0 Å². The van der Waals surface area contributed by atoms with Gasteiger partial charge in [-0.1, -0.05) is 12.5 Å². The molecule has 1 saturated carbocycles. The maximum atomic E-state index is 13.4. The van der Waals surface area contributed by atoms with Crippen LogP contribution < -0.4 is 0 Å². The summed E-state index contributed by atoms with van der Waals surface area (Å²) in [6.07, 6.45) is 6.74. The van der Waals surface area contributed by atoms with E-state index in [1.54, 1.807) is 6.07 Å². The highest BCUT2D eigenvalue weighted by Crippen LogP contribution is 2.43. The molecule has 1 spiro atoms. The molecule has 3 aliphatic rings. The number of rotatable bonds is 3. The zero-order valence-corrected chi connectivity index (χ0v) is 13.9. The Labute approximate surface area is 141 Å². The average molecular weight is 334 g/mol. The van der Waals surface area contributed by atoms with Gasteiger partial charge in [-0.25, -0.2) is 8.78 Å². The second-order valence-electron chi connectivity index (χ2n) is 7.66. The van der Waals surface area contributed by atoms with Crippen LogP contribution in [0.4, 0.5) is 8.78 Å². The number of carbonyl (C=O) groups is 1. The molecular formula is C19H24F2N2O. The first-order chi connectivity index (χ1) is 11.6. The van der Waals surface area contributed by atoms with Gasteiger partial charge in [0.15, 0.2) is 11.6 Å². The van der Waals surface area contributed by atoms with Gasteiger partial charge in [0.25, 0.3) is 0 Å². The molecule has 130 valence electrons. The van der Waals surface area contributed by atoms with Gasteiger partial charge in [0, 0.05) is 25.7 Å². The zero-order chi connectivity index (χ0) is 16.7. The van der Waals surface area contributed by atoms with E-state index in [0.717, 1.165) is 38.4 Å². The number of hydrogen-bond acceptors (Lipinski definition) is 2. The summed E-state index contributed by atoms with van der Waals surface area (Å²) < 4.78 is 26.5. The van der Waals surface area contributed by atoms with Crippen molar-refractivity contribution >= 4 is 5.91 Å². The predicted octanol–water partition coefficient (Wildman–Crippen LogP) is 3.33. The number of hydrogen-bond donors (Lipinski definition) is 0. The molecule has 0 aromatic heterocycles. The van der Waals surface area contributed by atoms with Gasteiger partial charge < -0.3 is 4.90 Å². The lowest BCUT2D eigenvalue weighted by Gasteiger charge is -2.41. The van der Waals surface area contributed by atoms with Gasteiger partial charge in [-0.15, -0.1) is 0 Å². The Kier molecular flexibility index (Phi) is 4.07. The fraction of sp³-hybridized carbons (Fsp3) is 0.632. The van der Waals surface area contributed by atoms with Crippen molar-refractivity contribution < 1.29 is 13.6 Å². The monoisotopic (exact) mass is 334 g/mol. The molecule has 1 aliphatic carbocycles. The molecule has 3 nitrogen and oxygen atoms in total. The first-order valence-electron chi connectivity index (χ1n) is 9.05. The van der Waals surface area contributed by atoms with Crippen molar-refractivity contribution in [2.24, 2.45) is 5.41 Å². The first-order valence-corrected chi connectivity index (χ1v) is 9.05. The summed E-state index contributed by atoms with van der Waals surface area (Å²) >= 11 is 0. The standard InChI is InChI=1S/C19H24F2N2O/c20-16-6-5-14(11-17(16)21)12-22-9-2-7-19(18(22)24)8-10-23(13-19)15-3-1-4-15/h5-6,11,15H,1-4,7-10,12-13H2/t19-/m0/s1. The van der Waals surface area contributed by atoms with E-state index in [1.165, 1.54) is 25.3 Å². The lowest BCUT2D eigenvalue weighted by Crippen LogP contribution is -2.50. The second kappa shape index (κ2) is 6.10. The third-order valence-electron chi connectivity index (χ3n) is 6.16. The van der Waals surface area contributed by atoms with Gasteiger partial charge in [0.2, 0.25) is 5.91 Å². The summed E-state index contributed by atoms with van der Waals surface area (Å²) in [4.78, 5) is 17.5. The maximum Gasteiger partial charge on any atom is 0.230 e. The number of amides is 1. The van der Waals surface area contributed by atoms with Gasteiger partial charge in [-0.05, 0) is 56.3 Å². The average Bonchev–Trinajstić information content (AvgIpc) is 2.91. The van der Waals surface area contributed by atoms with E-state index in [0.29, 0.717) is 24.7 Å². The van der Waals surface area contributed by atoms with Gasteiger partial charge in [-0.3, -0.25) is 9.69 Å². The molecule has 5 heteroatoms. The Bertz CT molecular complexity index is 646. The van der Waals surface area contributed by atoms with Crippen LogP contribution in [0.1, 0.15) is 44.1 Å². The quantitative estimate of drug-likeness (QED) is 0.846. The largest absolute Gasteiger partial charge is 0.338 e. The van der Waals surface area contributed by atoms with Crippen molar-refractivity contribution in [1.82, 2.24) is 9.80 Å². The first kappa shape index (κ1) is 16.0. The van der Waals surface area contributed by atoms with Gasteiger partial charge in [0.1, 0.15) is 0 Å². The Balaban J connectivity index is 1.47. The van der Waals surface area contributed by atoms with Crippen molar-refractivity contribution in [3.63, 3.8) is 0 Å². The summed E-state index contributed by atoms with van der Waals surface area (Å²) in [5.41, 5.74) is 0.417. The fourth-order valence-electron chi connectivity index (χ4n) is 4.51. The highest BCUT2D eigenvalue weighted by atomic mass is 19.2. The van der Waals surface area contributed by atoms with Crippen molar-refractivity contribution in [3.05, 3.63) is 35.4 Å². The van der Waals surface area contributed by atoms with E-state index in [4.69, 9.17) is 0 Å². The minimum absolute atomic E-state index is 0.209. The SMILES string of the molecule is O=C1N(Cc2ccc(F)c(F)c2)CCC[C@@]12CCN(C1CCC1)C2. The van der Waals surface area contributed by atoms with Crippen LogP contribution in [0, 0.1) is 17.0 Å². The van der Waals surface area contributed by atoms with Crippen molar-refractivity contribution in [2.75, 3.05) is 19.6 Å². The van der Waals surface area contributed by atoms with Gasteiger partial charge in [0.05, 0.1) is 5.41 Å². The van der Waals surface area contributed by atoms with Crippen LogP contribution in [-0.2, 0) is 11.3 Å². The second-order valence-corrected chi connectivity index (χ2v) is 7.66. The molecule has 0 N–H and O–H groups in total. The summed E-state index contributed by atoms with van der Waals surface area (Å²) in [7, 11) is 0. The normalized spacial score (nSPS) is 28.6. The van der Waals surface area contributed by atoms with Crippen molar-refractivity contribution in [3.8, 4) is 0 Å². The Morgan fingerprint density at radius 1 is 1.08 bits per heavy atom. The van der Waals surface area contributed by atoms with Crippen LogP contribution in [-0.4, -0.2) is 41.4 Å². The highest BCUT2D eigenvalue weighted by Gasteiger charge is 2.49. The summed E-state index contributed by atoms with van der Waals surface area (Å²) in [5.74, 6) is -1.48. The molecule has 0 unspecified atom stereocenters. The van der Waals surface area contributed by atoms with E-state index in [-0.39, 0.29) is 11.3 Å². The van der Waals surface area contributed by atoms with E-state index in [9.17, 15) is 13.6 Å². The Morgan fingerprint density at radius 2 is 1.92 bits per heavy atom. The molecule has 0 bridgehead atoms. The third-order valence-corrected chi connectivity index (χ3v) is 6.16. The summed E-state index contributed by atoms with van der Waals surface area (Å²) in [5, 5.41) is 0. The number of piperidine rings is 1. The van der Waals surface area contributed by atoms with E-state index in [2.05, 4.69) is 4.90 Å². The molecule has 1 atom stereocenters. The molecular weight excluding hydrogens is 310 g/mol. The third kappa shape index (κ3) is 2.73. The molecule has 1 aromatic carbocycles. The highest BCUT2D eigenvalue weighted by molar-refractivity contribution is 5.84. The summed E-state index contributed by atoms with van der Waals surface area (Å²) in [6, 6.07) is 4.60. The molecule has 1 amide bonds. The van der Waals surface area contributed by atoms with E-state index < -0.39 is 11.6 Å². The Morgan fingerprint density at radius 3 is 2.62 bits per heavy atom. The van der Waals surface area contributed by atoms with Crippen molar-refractivity contribution in [1.29, 1.82) is 0 Å². The molecule has 4 rings (SSSR count). The molecule has 2 saturated heterocycles. The number of nitrogens with zero attached hydrogens (tertiary/aromatic N) is 2. The van der Waals surface area contributed by atoms with Crippen molar-refractivity contribution in [2.45, 2.75) is 51.1 Å². The molecule has 1 aromatic rings. The zero-order valence-electron chi connectivity index (χ0n) is 13.9. The van der Waals surface area contributed by atoms with Gasteiger partial charge in [-0.2, -0.15) is 0 Å². The van der Waals surface area contributed by atoms with Crippen LogP contribution in [0.5, 0.6) is 0 Å². The van der Waals surface area contributed by atoms with E-state index >= 15 is 0 Å². The van der Waals surface area contributed by atoms with Crippen LogP contribution in [0.25, 0.3) is 0 Å². The molecule has 2 heterocycles. The molecule has 24 heavy (non-hydrogen) atoms. The minimum Gasteiger partial charge on any atom is -0.338 e. The Hall–Kier alpha value is -1.49. The van der Waals surface area contributed by atoms with E-state index in [1.807, 2.05) is 4.90 Å². The van der Waals surface area contributed by atoms with Crippen LogP contribution in [0.3, 0.4) is 0 Å². The molecule has 3 fully saturated rings. The van der Waals surface area contributed by atoms with Crippen LogP contribution in [0.2, 0.25) is 0 Å². The molecule has 0 radical (unpaired) electrons.